The van der Waals surface area contributed by atoms with Gasteiger partial charge in [0.2, 0.25) is 0 Å². The van der Waals surface area contributed by atoms with Crippen molar-refractivity contribution in [1.82, 2.24) is 0 Å². The molecule has 0 unspecified atom stereocenters. The van der Waals surface area contributed by atoms with Crippen molar-refractivity contribution in [2.75, 3.05) is 9.80 Å². The molecule has 0 amide bonds. The Hall–Kier alpha value is -6.98. The largest absolute Gasteiger partial charge is 0.311 e. The highest BCUT2D eigenvalue weighted by Crippen LogP contribution is 2.62. The molecule has 0 aliphatic heterocycles. The Morgan fingerprint density at radius 2 is 0.700 bits per heavy atom. The van der Waals surface area contributed by atoms with Crippen molar-refractivity contribution in [3.8, 4) is 22.3 Å². The molecule has 0 N–H and O–H groups in total. The van der Waals surface area contributed by atoms with Gasteiger partial charge in [-0.2, -0.15) is 0 Å². The van der Waals surface area contributed by atoms with Gasteiger partial charge in [0.1, 0.15) is 0 Å². The van der Waals surface area contributed by atoms with Crippen LogP contribution < -0.4 is 9.80 Å². The summed E-state index contributed by atoms with van der Waals surface area (Å²) in [5.74, 6) is 0. The molecule has 9 aromatic carbocycles. The molecule has 2 aliphatic rings. The Morgan fingerprint density at radius 3 is 1.07 bits per heavy atom. The molecule has 0 radical (unpaired) electrons. The molecule has 0 heterocycles. The molecule has 402 valence electrons. The summed E-state index contributed by atoms with van der Waals surface area (Å²) in [4.78, 5) is 4.77. The van der Waals surface area contributed by atoms with Crippen molar-refractivity contribution in [3.05, 3.63) is 272 Å². The van der Waals surface area contributed by atoms with E-state index >= 15 is 0 Å². The molecule has 0 atom stereocenters. The van der Waals surface area contributed by atoms with Gasteiger partial charge >= 0.3 is 0 Å². The number of hydrogen-bond donors (Lipinski definition) is 0. The van der Waals surface area contributed by atoms with Gasteiger partial charge in [-0.1, -0.05) is 223 Å². The second-order valence-electron chi connectivity index (χ2n) is 24.3. The zero-order chi connectivity index (χ0) is 56.1. The number of unbranched alkanes of at least 4 members (excludes halogenated alkanes) is 2. The van der Waals surface area contributed by atoms with E-state index in [1.807, 2.05) is 12.2 Å². The van der Waals surface area contributed by atoms with Crippen molar-refractivity contribution < 1.29 is 0 Å². The molecule has 2 nitrogen and oxygen atoms in total. The summed E-state index contributed by atoms with van der Waals surface area (Å²) < 4.78 is 2.20. The Morgan fingerprint density at radius 1 is 0.388 bits per heavy atom. The van der Waals surface area contributed by atoms with Crippen LogP contribution >= 0.6 is 31.9 Å². The predicted molar refractivity (Wildman–Crippen MR) is 351 cm³/mol. The standard InChI is InChI=1S/C76H74Br2N2/c1-11-15-45-75(46-16-12-2)69-47-57(77)29-43-65(69)67-50-72-68(49-70(67)75)66-44-30-58(78)48-71(66)76(72,55-25-39-63(40-26-55)79(59-31-17-51(13-3)18-32-59)61-35-21-53(22-36-61)73(5,6)7)56-27-41-64(42-28-56)80(60-33-19-52(14-4)20-34-60)62-37-23-54(24-38-62)74(8,9)10/h13-14,17-44,47-50H,3-4,11-12,15-16,45-46H2,1-2,5-10H3. The van der Waals surface area contributed by atoms with Crippen molar-refractivity contribution in [2.45, 2.75) is 116 Å². The first-order valence-corrected chi connectivity index (χ1v) is 30.4. The molecule has 0 saturated carbocycles. The van der Waals surface area contributed by atoms with E-state index in [1.54, 1.807) is 0 Å². The fraction of sp³-hybridized carbons (Fsp3) is 0.237. The van der Waals surface area contributed by atoms with Gasteiger partial charge in [-0.15, -0.1) is 0 Å². The van der Waals surface area contributed by atoms with Gasteiger partial charge in [0.25, 0.3) is 0 Å². The summed E-state index contributed by atoms with van der Waals surface area (Å²) in [7, 11) is 0. The van der Waals surface area contributed by atoms with Crippen LogP contribution in [0, 0.1) is 0 Å². The summed E-state index contributed by atoms with van der Waals surface area (Å²) in [6.07, 6.45) is 10.7. The van der Waals surface area contributed by atoms with Crippen LogP contribution in [0.2, 0.25) is 0 Å². The van der Waals surface area contributed by atoms with Crippen molar-refractivity contribution in [3.63, 3.8) is 0 Å². The highest BCUT2D eigenvalue weighted by molar-refractivity contribution is 9.10. The molecule has 0 aromatic heterocycles. The zero-order valence-electron chi connectivity index (χ0n) is 47.9. The Labute approximate surface area is 494 Å². The zero-order valence-corrected chi connectivity index (χ0v) is 51.1. The maximum absolute atomic E-state index is 4.07. The van der Waals surface area contributed by atoms with Crippen LogP contribution in [0.5, 0.6) is 0 Å². The summed E-state index contributed by atoms with van der Waals surface area (Å²) >= 11 is 8.02. The van der Waals surface area contributed by atoms with E-state index in [2.05, 4.69) is 304 Å². The number of halogens is 2. The topological polar surface area (TPSA) is 6.48 Å². The Bertz CT molecular complexity index is 3560. The molecule has 0 bridgehead atoms. The first-order valence-electron chi connectivity index (χ1n) is 28.8. The number of rotatable bonds is 16. The molecule has 2 aliphatic carbocycles. The van der Waals surface area contributed by atoms with E-state index in [4.69, 9.17) is 0 Å². The monoisotopic (exact) mass is 1170 g/mol. The lowest BCUT2D eigenvalue weighted by atomic mass is 9.66. The average molecular weight is 1180 g/mol. The van der Waals surface area contributed by atoms with E-state index in [0.29, 0.717) is 0 Å². The van der Waals surface area contributed by atoms with E-state index in [1.165, 1.54) is 79.6 Å². The molecular weight excluding hydrogens is 1100 g/mol. The van der Waals surface area contributed by atoms with Gasteiger partial charge < -0.3 is 9.80 Å². The third kappa shape index (κ3) is 9.75. The van der Waals surface area contributed by atoms with Crippen LogP contribution in [0.3, 0.4) is 0 Å². The average Bonchev–Trinajstić information content (AvgIpc) is 3.89. The van der Waals surface area contributed by atoms with Gasteiger partial charge in [0.15, 0.2) is 0 Å². The second-order valence-corrected chi connectivity index (χ2v) is 26.1. The summed E-state index contributed by atoms with van der Waals surface area (Å²) in [5.41, 5.74) is 23.9. The molecule has 80 heavy (non-hydrogen) atoms. The highest BCUT2D eigenvalue weighted by atomic mass is 79.9. The lowest BCUT2D eigenvalue weighted by Gasteiger charge is -2.36. The normalized spacial score (nSPS) is 13.7. The summed E-state index contributed by atoms with van der Waals surface area (Å²) in [6, 6.07) is 74.1. The lowest BCUT2D eigenvalue weighted by molar-refractivity contribution is 0.414. The van der Waals surface area contributed by atoms with Gasteiger partial charge in [0.05, 0.1) is 5.41 Å². The van der Waals surface area contributed by atoms with Gasteiger partial charge in [0, 0.05) is 48.5 Å². The van der Waals surface area contributed by atoms with Gasteiger partial charge in [-0.3, -0.25) is 0 Å². The number of anilines is 6. The summed E-state index contributed by atoms with van der Waals surface area (Å²) in [6.45, 7) is 26.5. The maximum Gasteiger partial charge on any atom is 0.0714 e. The minimum atomic E-state index is -0.705. The summed E-state index contributed by atoms with van der Waals surface area (Å²) in [5, 5.41) is 0. The Kier molecular flexibility index (Phi) is 15.0. The van der Waals surface area contributed by atoms with Crippen LogP contribution in [0.25, 0.3) is 34.4 Å². The second kappa shape index (κ2) is 21.8. The van der Waals surface area contributed by atoms with Crippen LogP contribution in [0.15, 0.2) is 216 Å². The fourth-order valence-corrected chi connectivity index (χ4v) is 13.7. The van der Waals surface area contributed by atoms with Gasteiger partial charge in [-0.05, 0) is 211 Å². The number of nitrogens with zero attached hydrogens (tertiary/aromatic N) is 2. The van der Waals surface area contributed by atoms with Crippen LogP contribution in [0.4, 0.5) is 34.1 Å². The smallest absolute Gasteiger partial charge is 0.0714 e. The van der Waals surface area contributed by atoms with Gasteiger partial charge in [-0.25, -0.2) is 0 Å². The molecule has 11 rings (SSSR count). The predicted octanol–water partition coefficient (Wildman–Crippen LogP) is 23.0. The van der Waals surface area contributed by atoms with Crippen molar-refractivity contribution >= 4 is 78.1 Å². The highest BCUT2D eigenvalue weighted by Gasteiger charge is 2.50. The quantitative estimate of drug-likeness (QED) is 0.0951. The number of benzene rings is 9. The van der Waals surface area contributed by atoms with E-state index in [0.717, 1.165) is 79.9 Å². The third-order valence-corrected chi connectivity index (χ3v) is 18.3. The van der Waals surface area contributed by atoms with Crippen LogP contribution in [-0.4, -0.2) is 0 Å². The lowest BCUT2D eigenvalue weighted by Crippen LogP contribution is -2.29. The molecule has 0 fully saturated rings. The minimum Gasteiger partial charge on any atom is -0.311 e. The minimum absolute atomic E-state index is 0.0323. The SMILES string of the molecule is C=Cc1ccc(N(c2ccc(C(C)(C)C)cc2)c2ccc(C3(c4ccc(N(c5ccc(C=C)cc5)c5ccc(C(C)(C)C)cc5)cc4)c4cc(Br)ccc4-c4cc5c(cc43)-c3ccc(Br)cc3C5(CCCC)CCCC)cc2)cc1. The van der Waals surface area contributed by atoms with Crippen molar-refractivity contribution in [2.24, 2.45) is 0 Å². The Balaban J connectivity index is 1.16. The first-order chi connectivity index (χ1) is 38.5. The number of hydrogen-bond acceptors (Lipinski definition) is 2. The number of fused-ring (bicyclic) bond motifs is 6. The van der Waals surface area contributed by atoms with E-state index in [9.17, 15) is 0 Å². The third-order valence-electron chi connectivity index (χ3n) is 17.3. The molecule has 4 heteroatoms. The molecule has 0 saturated heterocycles. The van der Waals surface area contributed by atoms with Crippen molar-refractivity contribution in [1.29, 1.82) is 0 Å². The fourth-order valence-electron chi connectivity index (χ4n) is 13.0. The van der Waals surface area contributed by atoms with E-state index in [-0.39, 0.29) is 16.2 Å². The van der Waals surface area contributed by atoms with Crippen LogP contribution in [0.1, 0.15) is 150 Å². The molecule has 9 aromatic rings. The van der Waals surface area contributed by atoms with E-state index < -0.39 is 5.41 Å². The van der Waals surface area contributed by atoms with Crippen LogP contribution in [-0.2, 0) is 21.7 Å². The maximum atomic E-state index is 4.07. The molecular formula is C76H74Br2N2. The molecule has 0 spiro atoms. The first kappa shape index (κ1) is 55.0.